The van der Waals surface area contributed by atoms with E-state index in [2.05, 4.69) is 54.1 Å². The quantitative estimate of drug-likeness (QED) is 0.690. The molecule has 0 amide bonds. The molecule has 0 radical (unpaired) electrons. The van der Waals surface area contributed by atoms with Gasteiger partial charge in [-0.25, -0.2) is 0 Å². The van der Waals surface area contributed by atoms with Crippen LogP contribution in [0.1, 0.15) is 20.8 Å². The molecule has 0 aliphatic carbocycles. The fourth-order valence-corrected chi connectivity index (χ4v) is 2.64. The molecule has 0 saturated carbocycles. The number of ether oxygens (including phenoxy) is 2. The highest BCUT2D eigenvalue weighted by Crippen LogP contribution is 2.34. The van der Waals surface area contributed by atoms with Crippen LogP contribution in [0.3, 0.4) is 0 Å². The molecule has 1 atom stereocenters. The zero-order valence-corrected chi connectivity index (χ0v) is 14.5. The lowest BCUT2D eigenvalue weighted by Gasteiger charge is -2.29. The number of rotatable bonds is 5. The maximum atomic E-state index is 12.2. The predicted octanol–water partition coefficient (Wildman–Crippen LogP) is 5.32. The molecule has 0 aliphatic rings. The van der Waals surface area contributed by atoms with E-state index in [4.69, 9.17) is 4.74 Å². The Kier molecular flexibility index (Phi) is 6.28. The van der Waals surface area contributed by atoms with E-state index in [0.29, 0.717) is 18.1 Å². The number of benzene rings is 1. The van der Waals surface area contributed by atoms with E-state index in [1.54, 1.807) is 0 Å². The number of thiol groups is 1. The Morgan fingerprint density at radius 1 is 1.24 bits per heavy atom. The van der Waals surface area contributed by atoms with E-state index in [0.717, 1.165) is 0 Å². The third kappa shape index (κ3) is 6.38. The van der Waals surface area contributed by atoms with E-state index >= 15 is 0 Å². The standard InChI is InChI=1S/C14H18BrF3O2S/c1-13(2,3)9(8-21)7-19-10-4-5-12(11(15)6-10)20-14(16,17)18/h4-6,9,21H,7-8H2,1-3H3. The summed E-state index contributed by atoms with van der Waals surface area (Å²) in [5.41, 5.74) is 0.0400. The molecule has 1 unspecified atom stereocenters. The highest BCUT2D eigenvalue weighted by atomic mass is 79.9. The Balaban J connectivity index is 2.72. The summed E-state index contributed by atoms with van der Waals surface area (Å²) in [6, 6.07) is 4.13. The van der Waals surface area contributed by atoms with Gasteiger partial charge in [0, 0.05) is 5.92 Å². The number of alkyl halides is 3. The van der Waals surface area contributed by atoms with Crippen LogP contribution in [-0.4, -0.2) is 18.7 Å². The Hall–Kier alpha value is -0.560. The second kappa shape index (κ2) is 7.13. The summed E-state index contributed by atoms with van der Waals surface area (Å²) in [5, 5.41) is 0. The van der Waals surface area contributed by atoms with Gasteiger partial charge in [0.25, 0.3) is 0 Å². The van der Waals surface area contributed by atoms with Gasteiger partial charge in [-0.3, -0.25) is 0 Å². The van der Waals surface area contributed by atoms with Crippen LogP contribution in [0, 0.1) is 11.3 Å². The van der Waals surface area contributed by atoms with Crippen molar-refractivity contribution in [2.24, 2.45) is 11.3 Å². The third-order valence-electron chi connectivity index (χ3n) is 3.03. The molecule has 0 N–H and O–H groups in total. The first kappa shape index (κ1) is 18.5. The lowest BCUT2D eigenvalue weighted by Crippen LogP contribution is -2.28. The van der Waals surface area contributed by atoms with Crippen molar-refractivity contribution in [2.45, 2.75) is 27.1 Å². The van der Waals surface area contributed by atoms with Crippen molar-refractivity contribution < 1.29 is 22.6 Å². The van der Waals surface area contributed by atoms with Crippen LogP contribution in [0.15, 0.2) is 22.7 Å². The Morgan fingerprint density at radius 2 is 1.86 bits per heavy atom. The van der Waals surface area contributed by atoms with Crippen molar-refractivity contribution in [3.05, 3.63) is 22.7 Å². The van der Waals surface area contributed by atoms with Crippen LogP contribution in [0.25, 0.3) is 0 Å². The monoisotopic (exact) mass is 386 g/mol. The molecular formula is C14H18BrF3O2S. The lowest BCUT2D eigenvalue weighted by atomic mass is 9.82. The molecule has 1 aromatic carbocycles. The average molecular weight is 387 g/mol. The fraction of sp³-hybridized carbons (Fsp3) is 0.571. The van der Waals surface area contributed by atoms with Gasteiger partial charge < -0.3 is 9.47 Å². The van der Waals surface area contributed by atoms with Crippen LogP contribution in [0.2, 0.25) is 0 Å². The number of hydrogen-bond donors (Lipinski definition) is 1. The van der Waals surface area contributed by atoms with Gasteiger partial charge in [0.1, 0.15) is 11.5 Å². The Labute approximate surface area is 136 Å². The minimum Gasteiger partial charge on any atom is -0.493 e. The van der Waals surface area contributed by atoms with Crippen LogP contribution in [-0.2, 0) is 0 Å². The van der Waals surface area contributed by atoms with Gasteiger partial charge in [-0.15, -0.1) is 13.2 Å². The molecule has 7 heteroatoms. The van der Waals surface area contributed by atoms with E-state index < -0.39 is 6.36 Å². The topological polar surface area (TPSA) is 18.5 Å². The summed E-state index contributed by atoms with van der Waals surface area (Å²) < 4.78 is 46.2. The minimum atomic E-state index is -4.71. The lowest BCUT2D eigenvalue weighted by molar-refractivity contribution is -0.274. The second-order valence-electron chi connectivity index (χ2n) is 5.70. The predicted molar refractivity (Wildman–Crippen MR) is 83.1 cm³/mol. The highest BCUT2D eigenvalue weighted by molar-refractivity contribution is 9.10. The Morgan fingerprint density at radius 3 is 2.29 bits per heavy atom. The Bertz CT molecular complexity index is 472. The van der Waals surface area contributed by atoms with Crippen molar-refractivity contribution in [3.63, 3.8) is 0 Å². The summed E-state index contributed by atoms with van der Waals surface area (Å²) >= 11 is 7.35. The maximum Gasteiger partial charge on any atom is 0.573 e. The molecule has 120 valence electrons. The van der Waals surface area contributed by atoms with E-state index in [9.17, 15) is 13.2 Å². The summed E-state index contributed by atoms with van der Waals surface area (Å²) in [5.74, 6) is 1.08. The van der Waals surface area contributed by atoms with E-state index in [1.165, 1.54) is 18.2 Å². The van der Waals surface area contributed by atoms with Crippen LogP contribution >= 0.6 is 28.6 Å². The van der Waals surface area contributed by atoms with Gasteiger partial charge in [0.05, 0.1) is 11.1 Å². The summed E-state index contributed by atoms with van der Waals surface area (Å²) in [6.07, 6.45) is -4.71. The largest absolute Gasteiger partial charge is 0.573 e. The summed E-state index contributed by atoms with van der Waals surface area (Å²) in [4.78, 5) is 0. The van der Waals surface area contributed by atoms with Crippen molar-refractivity contribution in [2.75, 3.05) is 12.4 Å². The average Bonchev–Trinajstić information content (AvgIpc) is 2.30. The molecule has 0 bridgehead atoms. The van der Waals surface area contributed by atoms with Crippen LogP contribution < -0.4 is 9.47 Å². The van der Waals surface area contributed by atoms with Crippen molar-refractivity contribution >= 4 is 28.6 Å². The van der Waals surface area contributed by atoms with Crippen molar-refractivity contribution in [3.8, 4) is 11.5 Å². The van der Waals surface area contributed by atoms with Crippen LogP contribution in [0.4, 0.5) is 13.2 Å². The summed E-state index contributed by atoms with van der Waals surface area (Å²) in [6.45, 7) is 6.72. The zero-order valence-electron chi connectivity index (χ0n) is 12.0. The van der Waals surface area contributed by atoms with Gasteiger partial charge in [-0.05, 0) is 45.3 Å². The molecule has 0 spiro atoms. The molecule has 0 heterocycles. The first-order chi connectivity index (χ1) is 9.53. The second-order valence-corrected chi connectivity index (χ2v) is 6.92. The molecule has 1 aromatic rings. The fourth-order valence-electron chi connectivity index (χ4n) is 1.55. The van der Waals surface area contributed by atoms with E-state index in [-0.39, 0.29) is 21.6 Å². The summed E-state index contributed by atoms with van der Waals surface area (Å²) in [7, 11) is 0. The SMILES string of the molecule is CC(C)(C)C(CS)COc1ccc(OC(F)(F)F)c(Br)c1. The molecule has 0 saturated heterocycles. The molecule has 1 rings (SSSR count). The van der Waals surface area contributed by atoms with Gasteiger partial charge in [0.15, 0.2) is 0 Å². The first-order valence-corrected chi connectivity index (χ1v) is 7.74. The molecule has 21 heavy (non-hydrogen) atoms. The molecule has 0 fully saturated rings. The number of hydrogen-bond acceptors (Lipinski definition) is 3. The highest BCUT2D eigenvalue weighted by Gasteiger charge is 2.32. The molecular weight excluding hydrogens is 369 g/mol. The minimum absolute atomic E-state index is 0.0400. The van der Waals surface area contributed by atoms with Crippen molar-refractivity contribution in [1.82, 2.24) is 0 Å². The van der Waals surface area contributed by atoms with Gasteiger partial charge in [0.2, 0.25) is 0 Å². The van der Waals surface area contributed by atoms with Gasteiger partial charge in [-0.1, -0.05) is 20.8 Å². The van der Waals surface area contributed by atoms with Crippen molar-refractivity contribution in [1.29, 1.82) is 0 Å². The van der Waals surface area contributed by atoms with Gasteiger partial charge >= 0.3 is 6.36 Å². The van der Waals surface area contributed by atoms with Crippen LogP contribution in [0.5, 0.6) is 11.5 Å². The molecule has 0 aromatic heterocycles. The first-order valence-electron chi connectivity index (χ1n) is 6.32. The van der Waals surface area contributed by atoms with Gasteiger partial charge in [-0.2, -0.15) is 12.6 Å². The normalized spacial score (nSPS) is 13.9. The van der Waals surface area contributed by atoms with E-state index in [1.807, 2.05) is 0 Å². The third-order valence-corrected chi connectivity index (χ3v) is 4.09. The maximum absolute atomic E-state index is 12.2. The molecule has 2 nitrogen and oxygen atoms in total. The molecule has 0 aliphatic heterocycles. The zero-order chi connectivity index (χ0) is 16.3. The number of halogens is 4. The smallest absolute Gasteiger partial charge is 0.493 e.